The number of carbonyl (C=O) groups is 1. The number of nitrogens with zero attached hydrogens (tertiary/aromatic N) is 4. The van der Waals surface area contributed by atoms with Crippen LogP contribution in [0.25, 0.3) is 0 Å². The molecule has 0 amide bonds. The second-order valence-electron chi connectivity index (χ2n) is 5.42. The van der Waals surface area contributed by atoms with Crippen molar-refractivity contribution in [3.05, 3.63) is 12.2 Å². The Bertz CT molecular complexity index is 594. The van der Waals surface area contributed by atoms with Crippen molar-refractivity contribution in [3.8, 4) is 24.3 Å². The molecule has 0 unspecified atom stereocenters. The Hall–Kier alpha value is -2.63. The van der Waals surface area contributed by atoms with Gasteiger partial charge in [0, 0.05) is 12.3 Å². The monoisotopic (exact) mass is 264 g/mol. The lowest BCUT2D eigenvalue weighted by molar-refractivity contribution is -0.124. The summed E-state index contributed by atoms with van der Waals surface area (Å²) in [7, 11) is 0. The maximum absolute atomic E-state index is 12.3. The number of Topliss-reactive ketones (excluding diaryl/α,β-unsaturated/α-hetero) is 1. The van der Waals surface area contributed by atoms with Crippen LogP contribution in [0, 0.1) is 74.4 Å². The topological polar surface area (TPSA) is 112 Å². The highest BCUT2D eigenvalue weighted by Gasteiger charge is 2.47. The molecule has 2 aliphatic rings. The second kappa shape index (κ2) is 5.16. The molecule has 0 aromatic heterocycles. The molecule has 20 heavy (non-hydrogen) atoms. The molecule has 0 N–H and O–H groups in total. The Balaban J connectivity index is 2.19. The molecule has 2 rings (SSSR count). The smallest absolute Gasteiger partial charge is 0.179 e. The van der Waals surface area contributed by atoms with Crippen LogP contribution in [-0.2, 0) is 4.79 Å². The van der Waals surface area contributed by atoms with E-state index in [0.29, 0.717) is 5.92 Å². The molecule has 1 saturated carbocycles. The zero-order valence-corrected chi connectivity index (χ0v) is 10.8. The predicted octanol–water partition coefficient (Wildman–Crippen LogP) is 1.85. The van der Waals surface area contributed by atoms with Crippen LogP contribution in [0.15, 0.2) is 12.2 Å². The number of nitriles is 4. The Labute approximate surface area is 117 Å². The van der Waals surface area contributed by atoms with Crippen molar-refractivity contribution in [2.24, 2.45) is 29.1 Å². The molecular formula is C15H12N4O. The Morgan fingerprint density at radius 3 is 2.20 bits per heavy atom. The van der Waals surface area contributed by atoms with E-state index in [9.17, 15) is 15.3 Å². The van der Waals surface area contributed by atoms with E-state index >= 15 is 0 Å². The minimum atomic E-state index is -1.86. The summed E-state index contributed by atoms with van der Waals surface area (Å²) in [6.07, 6.45) is 5.47. The number of allylic oxidation sites excluding steroid dienone is 2. The van der Waals surface area contributed by atoms with Gasteiger partial charge in [-0.25, -0.2) is 0 Å². The van der Waals surface area contributed by atoms with Crippen LogP contribution in [0.3, 0.4) is 0 Å². The number of hydrogen-bond acceptors (Lipinski definition) is 5. The molecule has 0 aromatic carbocycles. The van der Waals surface area contributed by atoms with Gasteiger partial charge in [0.2, 0.25) is 0 Å². The van der Waals surface area contributed by atoms with Gasteiger partial charge in [0.05, 0.1) is 24.3 Å². The zero-order valence-electron chi connectivity index (χ0n) is 10.8. The zero-order chi connectivity index (χ0) is 14.8. The molecule has 5 heteroatoms. The third kappa shape index (κ3) is 2.05. The van der Waals surface area contributed by atoms with E-state index < -0.39 is 11.3 Å². The van der Waals surface area contributed by atoms with Gasteiger partial charge in [-0.05, 0) is 24.7 Å². The highest BCUT2D eigenvalue weighted by Crippen LogP contribution is 2.45. The van der Waals surface area contributed by atoms with Gasteiger partial charge in [0.15, 0.2) is 11.3 Å². The minimum Gasteiger partial charge on any atom is -0.299 e. The number of hydrogen-bond donors (Lipinski definition) is 0. The first-order valence-corrected chi connectivity index (χ1v) is 6.43. The fraction of sp³-hybridized carbons (Fsp3) is 0.533. The SMILES string of the molecule is N#CC(C#N)C(C#N)(C#N)CC(=O)[C@@H]1C[C@H]2C=C[C@@H]1C2. The molecule has 5 nitrogen and oxygen atoms in total. The summed E-state index contributed by atoms with van der Waals surface area (Å²) < 4.78 is 0. The first-order valence-electron chi connectivity index (χ1n) is 6.43. The highest BCUT2D eigenvalue weighted by atomic mass is 16.1. The van der Waals surface area contributed by atoms with Gasteiger partial charge < -0.3 is 0 Å². The fourth-order valence-electron chi connectivity index (χ4n) is 3.14. The van der Waals surface area contributed by atoms with Crippen molar-refractivity contribution in [1.29, 1.82) is 21.0 Å². The van der Waals surface area contributed by atoms with Gasteiger partial charge in [-0.1, -0.05) is 12.2 Å². The summed E-state index contributed by atoms with van der Waals surface area (Å²) in [5, 5.41) is 36.2. The van der Waals surface area contributed by atoms with Gasteiger partial charge >= 0.3 is 0 Å². The molecule has 0 aliphatic heterocycles. The second-order valence-corrected chi connectivity index (χ2v) is 5.42. The minimum absolute atomic E-state index is 0.177. The molecule has 0 heterocycles. The van der Waals surface area contributed by atoms with Crippen molar-refractivity contribution < 1.29 is 4.79 Å². The molecule has 0 saturated heterocycles. The van der Waals surface area contributed by atoms with E-state index in [2.05, 4.69) is 6.08 Å². The van der Waals surface area contributed by atoms with E-state index in [4.69, 9.17) is 10.5 Å². The van der Waals surface area contributed by atoms with Crippen LogP contribution < -0.4 is 0 Å². The lowest BCUT2D eigenvalue weighted by Crippen LogP contribution is -2.32. The van der Waals surface area contributed by atoms with Gasteiger partial charge in [-0.15, -0.1) is 0 Å². The average Bonchev–Trinajstić information content (AvgIpc) is 3.09. The van der Waals surface area contributed by atoms with Gasteiger partial charge in [0.1, 0.15) is 5.78 Å². The molecular weight excluding hydrogens is 252 g/mol. The normalized spacial score (nSPS) is 26.6. The van der Waals surface area contributed by atoms with Crippen molar-refractivity contribution in [2.45, 2.75) is 19.3 Å². The standard InChI is InChI=1S/C15H12N4O/c16-6-12(7-17)15(8-18,9-19)5-14(20)13-4-10-1-2-11(13)3-10/h1-2,10-13H,3-5H2/t10-,11+,13+/m0/s1. The van der Waals surface area contributed by atoms with Crippen LogP contribution in [-0.4, -0.2) is 5.78 Å². The highest BCUT2D eigenvalue weighted by molar-refractivity contribution is 5.84. The first kappa shape index (κ1) is 13.8. The maximum atomic E-state index is 12.3. The van der Waals surface area contributed by atoms with Crippen LogP contribution in [0.5, 0.6) is 0 Å². The number of rotatable bonds is 4. The largest absolute Gasteiger partial charge is 0.299 e. The first-order chi connectivity index (χ1) is 9.60. The van der Waals surface area contributed by atoms with E-state index in [1.54, 1.807) is 24.3 Å². The lowest BCUT2D eigenvalue weighted by Gasteiger charge is -2.22. The molecule has 0 radical (unpaired) electrons. The maximum Gasteiger partial charge on any atom is 0.179 e. The summed E-state index contributed by atoms with van der Waals surface area (Å²) in [6.45, 7) is 0. The van der Waals surface area contributed by atoms with Crippen LogP contribution in [0.4, 0.5) is 0 Å². The third-order valence-corrected chi connectivity index (χ3v) is 4.30. The van der Waals surface area contributed by atoms with Crippen molar-refractivity contribution >= 4 is 5.78 Å². The molecule has 2 bridgehead atoms. The molecule has 1 fully saturated rings. The van der Waals surface area contributed by atoms with Crippen molar-refractivity contribution in [1.82, 2.24) is 0 Å². The van der Waals surface area contributed by atoms with Crippen molar-refractivity contribution in [2.75, 3.05) is 0 Å². The Morgan fingerprint density at radius 1 is 1.15 bits per heavy atom. The van der Waals surface area contributed by atoms with Crippen LogP contribution >= 0.6 is 0 Å². The predicted molar refractivity (Wildman–Crippen MR) is 66.8 cm³/mol. The summed E-state index contributed by atoms with van der Waals surface area (Å²) in [5.74, 6) is -1.17. The summed E-state index contributed by atoms with van der Waals surface area (Å²) in [5.41, 5.74) is -1.86. The van der Waals surface area contributed by atoms with Crippen LogP contribution in [0.1, 0.15) is 19.3 Å². The Kier molecular flexibility index (Phi) is 3.56. The average molecular weight is 264 g/mol. The quantitative estimate of drug-likeness (QED) is 0.719. The Morgan fingerprint density at radius 2 is 1.80 bits per heavy atom. The molecule has 0 spiro atoms. The van der Waals surface area contributed by atoms with E-state index in [0.717, 1.165) is 12.8 Å². The summed E-state index contributed by atoms with van der Waals surface area (Å²) in [6, 6.07) is 6.75. The lowest BCUT2D eigenvalue weighted by atomic mass is 9.72. The fourth-order valence-corrected chi connectivity index (χ4v) is 3.14. The molecule has 98 valence electrons. The molecule has 0 aromatic rings. The summed E-state index contributed by atoms with van der Waals surface area (Å²) in [4.78, 5) is 12.3. The number of carbonyl (C=O) groups excluding carboxylic acids is 1. The van der Waals surface area contributed by atoms with E-state index in [-0.39, 0.29) is 24.0 Å². The summed E-state index contributed by atoms with van der Waals surface area (Å²) >= 11 is 0. The van der Waals surface area contributed by atoms with E-state index in [1.165, 1.54) is 0 Å². The third-order valence-electron chi connectivity index (χ3n) is 4.30. The molecule has 2 aliphatic carbocycles. The van der Waals surface area contributed by atoms with Gasteiger partial charge in [-0.3, -0.25) is 4.79 Å². The van der Waals surface area contributed by atoms with Gasteiger partial charge in [-0.2, -0.15) is 21.0 Å². The number of fused-ring (bicyclic) bond motifs is 2. The van der Waals surface area contributed by atoms with E-state index in [1.807, 2.05) is 6.08 Å². The molecule has 3 atom stereocenters. The van der Waals surface area contributed by atoms with Crippen LogP contribution in [0.2, 0.25) is 0 Å². The number of ketones is 1. The van der Waals surface area contributed by atoms with Crippen molar-refractivity contribution in [3.63, 3.8) is 0 Å². The van der Waals surface area contributed by atoms with Gasteiger partial charge in [0.25, 0.3) is 0 Å².